The van der Waals surface area contributed by atoms with Crippen LogP contribution >= 0.6 is 23.5 Å². The number of phosphoric ester groups is 1. The Morgan fingerprint density at radius 2 is 1.97 bits per heavy atom. The fourth-order valence-corrected chi connectivity index (χ4v) is 5.80. The van der Waals surface area contributed by atoms with Crippen LogP contribution in [0.15, 0.2) is 34.8 Å². The van der Waals surface area contributed by atoms with E-state index in [2.05, 4.69) is 34.7 Å². The van der Waals surface area contributed by atoms with Crippen LogP contribution in [0.4, 0.5) is 4.39 Å². The lowest BCUT2D eigenvalue weighted by Crippen LogP contribution is -2.51. The van der Waals surface area contributed by atoms with Crippen molar-refractivity contribution in [3.05, 3.63) is 35.1 Å². The molecule has 2 rings (SSSR count). The number of hydrogen-bond donors (Lipinski definition) is 6. The monoisotopic (exact) mass is 538 g/mol. The first kappa shape index (κ1) is 27.6. The third kappa shape index (κ3) is 6.47. The molecule has 0 radical (unpaired) electrons. The Bertz CT molecular complexity index is 1080. The number of rotatable bonds is 9. The minimum absolute atomic E-state index is 0.0134. The predicted octanol–water partition coefficient (Wildman–Crippen LogP) is 0.439. The van der Waals surface area contributed by atoms with Gasteiger partial charge in [-0.05, 0) is 18.5 Å². The topological polar surface area (TPSA) is 280 Å². The lowest BCUT2D eigenvalue weighted by molar-refractivity contribution is -0.207. The summed E-state index contributed by atoms with van der Waals surface area (Å²) in [7, 11) is -17.3. The molecule has 0 saturated carbocycles. The number of nitrogens with zero attached hydrogens (tertiary/aromatic N) is 5. The molecule has 6 atom stereocenters. The van der Waals surface area contributed by atoms with Crippen LogP contribution in [0.5, 0.6) is 0 Å². The molecule has 33 heavy (non-hydrogen) atoms. The van der Waals surface area contributed by atoms with Crippen LogP contribution in [0.1, 0.15) is 6.92 Å². The fourth-order valence-electron chi connectivity index (χ4n) is 2.77. The molecule has 18 nitrogen and oxygen atoms in total. The second-order valence-electron chi connectivity index (χ2n) is 6.61. The largest absolute Gasteiger partial charge is 0.490 e. The summed E-state index contributed by atoms with van der Waals surface area (Å²) < 4.78 is 65.7. The molecule has 2 unspecified atom stereocenters. The van der Waals surface area contributed by atoms with Crippen molar-refractivity contribution in [3.63, 3.8) is 0 Å². The number of aliphatic hydroxyl groups excluding tert-OH is 1. The van der Waals surface area contributed by atoms with Crippen molar-refractivity contribution < 1.29 is 60.6 Å². The molecule has 0 spiro atoms. The van der Waals surface area contributed by atoms with Gasteiger partial charge in [0.15, 0.2) is 6.23 Å². The maximum absolute atomic E-state index is 15.5. The predicted molar refractivity (Wildman–Crippen MR) is 104 cm³/mol. The van der Waals surface area contributed by atoms with Gasteiger partial charge in [0.25, 0.3) is 5.85 Å². The van der Waals surface area contributed by atoms with Gasteiger partial charge in [-0.1, -0.05) is 11.7 Å². The average Bonchev–Trinajstić information content (AvgIpc) is 2.80. The third-order valence-corrected chi connectivity index (χ3v) is 7.87. The molecule has 22 heteroatoms. The lowest BCUT2D eigenvalue weighted by atomic mass is 9.91. The molecule has 186 valence electrons. The Balaban J connectivity index is 2.26. The van der Waals surface area contributed by atoms with Crippen molar-refractivity contribution in [1.82, 2.24) is 4.90 Å². The van der Waals surface area contributed by atoms with Gasteiger partial charge in [-0.25, -0.2) is 23.1 Å². The Kier molecular flexibility index (Phi) is 7.66. The number of ether oxygens (including phenoxy) is 1. The number of alkyl halides is 1. The van der Waals surface area contributed by atoms with Crippen molar-refractivity contribution in [2.24, 2.45) is 15.8 Å². The zero-order valence-electron chi connectivity index (χ0n) is 16.4. The van der Waals surface area contributed by atoms with Crippen LogP contribution < -0.4 is 5.73 Å². The summed E-state index contributed by atoms with van der Waals surface area (Å²) in [5, 5.41) is 13.8. The normalized spacial score (nSPS) is 33.7. The van der Waals surface area contributed by atoms with Gasteiger partial charge >= 0.3 is 23.5 Å². The van der Waals surface area contributed by atoms with Crippen LogP contribution in [0, 0.1) is 0 Å². The first-order valence-corrected chi connectivity index (χ1v) is 12.8. The molecule has 0 aliphatic carbocycles. The lowest BCUT2D eigenvalue weighted by Gasteiger charge is -2.35. The van der Waals surface area contributed by atoms with Crippen LogP contribution in [0.2, 0.25) is 0 Å². The zero-order valence-corrected chi connectivity index (χ0v) is 19.0. The highest BCUT2D eigenvalue weighted by Gasteiger charge is 2.65. The molecular weight excluding hydrogens is 520 g/mol. The number of phosphoric acid groups is 3. The van der Waals surface area contributed by atoms with E-state index in [0.717, 1.165) is 11.8 Å². The Morgan fingerprint density at radius 3 is 2.48 bits per heavy atom. The fraction of sp³-hybridized carbons (Fsp3) is 0.545. The first-order valence-electron chi connectivity index (χ1n) is 8.23. The van der Waals surface area contributed by atoms with Crippen molar-refractivity contribution in [1.29, 1.82) is 0 Å². The van der Waals surface area contributed by atoms with Gasteiger partial charge in [0.05, 0.1) is 0 Å². The van der Waals surface area contributed by atoms with E-state index in [-0.39, 0.29) is 11.7 Å². The molecule has 0 aromatic rings. The molecule has 0 aromatic carbocycles. The van der Waals surface area contributed by atoms with E-state index in [1.54, 1.807) is 0 Å². The third-order valence-electron chi connectivity index (χ3n) is 4.08. The molecule has 1 fully saturated rings. The van der Waals surface area contributed by atoms with Gasteiger partial charge in [-0.2, -0.15) is 8.62 Å². The highest BCUT2D eigenvalue weighted by molar-refractivity contribution is 7.66. The average molecular weight is 538 g/mol. The summed E-state index contributed by atoms with van der Waals surface area (Å²) in [5.74, 6) is -3.51. The summed E-state index contributed by atoms with van der Waals surface area (Å²) in [4.78, 5) is 43.0. The van der Waals surface area contributed by atoms with Gasteiger partial charge in [0.1, 0.15) is 29.9 Å². The van der Waals surface area contributed by atoms with Gasteiger partial charge in [0.2, 0.25) is 0 Å². The SMILES string of the molecule is C=C1N=C(N)C=CN1[C@@H]1O[C@](F)(COP(=O)(O)OP(=O)(O)OP(=O)(O)O)[C@@H](O)[C@@]1(C)N=[N+]=[N-]. The second kappa shape index (κ2) is 9.17. The highest BCUT2D eigenvalue weighted by atomic mass is 31.3. The van der Waals surface area contributed by atoms with Gasteiger partial charge in [-0.3, -0.25) is 4.52 Å². The van der Waals surface area contributed by atoms with Crippen molar-refractivity contribution in [2.75, 3.05) is 6.61 Å². The van der Waals surface area contributed by atoms with E-state index in [0.29, 0.717) is 0 Å². The molecule has 0 aromatic heterocycles. The van der Waals surface area contributed by atoms with Gasteiger partial charge in [-0.15, -0.1) is 0 Å². The summed E-state index contributed by atoms with van der Waals surface area (Å²) in [6, 6.07) is 0. The molecule has 7 N–H and O–H groups in total. The minimum Gasteiger partial charge on any atom is -0.386 e. The van der Waals surface area contributed by atoms with Gasteiger partial charge < -0.3 is 40.1 Å². The van der Waals surface area contributed by atoms with E-state index in [1.807, 2.05) is 0 Å². The molecule has 2 aliphatic heterocycles. The van der Waals surface area contributed by atoms with Crippen molar-refractivity contribution in [3.8, 4) is 0 Å². The van der Waals surface area contributed by atoms with E-state index in [1.165, 1.54) is 12.3 Å². The number of halogens is 1. The van der Waals surface area contributed by atoms with E-state index in [4.69, 9.17) is 30.7 Å². The van der Waals surface area contributed by atoms with Crippen LogP contribution in [0.25, 0.3) is 10.4 Å². The van der Waals surface area contributed by atoms with E-state index >= 15 is 4.39 Å². The molecule has 1 saturated heterocycles. The quantitative estimate of drug-likeness (QED) is 0.101. The number of aliphatic imine (C=N–C) groups is 1. The number of nitrogens with two attached hydrogens (primary N) is 1. The second-order valence-corrected chi connectivity index (χ2v) is 11.0. The van der Waals surface area contributed by atoms with Crippen LogP contribution in [-0.2, 0) is 31.6 Å². The Morgan fingerprint density at radius 1 is 1.36 bits per heavy atom. The maximum Gasteiger partial charge on any atom is 0.490 e. The molecular formula is C11H18FN6O12P3. The van der Waals surface area contributed by atoms with E-state index < -0.39 is 53.8 Å². The number of aliphatic hydroxyl groups is 1. The van der Waals surface area contributed by atoms with Crippen molar-refractivity contribution >= 4 is 29.3 Å². The van der Waals surface area contributed by atoms with E-state index in [9.17, 15) is 23.7 Å². The Labute approximate surface area is 183 Å². The van der Waals surface area contributed by atoms with Crippen LogP contribution in [-0.4, -0.2) is 65.7 Å². The smallest absolute Gasteiger partial charge is 0.386 e. The number of hydrogen-bond acceptors (Lipinski definition) is 12. The molecule has 2 heterocycles. The van der Waals surface area contributed by atoms with Crippen molar-refractivity contribution in [2.45, 2.75) is 30.6 Å². The molecule has 2 aliphatic rings. The summed E-state index contributed by atoms with van der Waals surface area (Å²) in [6.07, 6.45) is -1.58. The van der Waals surface area contributed by atoms with Crippen LogP contribution in [0.3, 0.4) is 0 Å². The standard InChI is InChI=1S/C11H18FN6O12P3/c1-6-15-7(13)3-4-18(6)9-10(2,16-17-14)8(19)11(12,28-9)5-27-32(23,24)30-33(25,26)29-31(20,21)22/h3-4,8-9,19H,1,5H2,2H3,(H2,13,15)(H,23,24)(H,25,26)(H2,20,21,22)/t8-,9+,10+,11+/m0/s1. The maximum atomic E-state index is 15.5. The minimum atomic E-state index is -5.87. The number of amidine groups is 1. The summed E-state index contributed by atoms with van der Waals surface area (Å²) in [6.45, 7) is 2.96. The Hall–Kier alpha value is -1.68. The zero-order chi connectivity index (χ0) is 25.5. The molecule has 0 bridgehead atoms. The highest BCUT2D eigenvalue weighted by Crippen LogP contribution is 2.66. The number of azide groups is 1. The molecule has 0 amide bonds. The van der Waals surface area contributed by atoms with Gasteiger partial charge in [0, 0.05) is 11.1 Å². The first-order chi connectivity index (χ1) is 14.8. The summed E-state index contributed by atoms with van der Waals surface area (Å²) in [5.41, 5.74) is 12.3. The summed E-state index contributed by atoms with van der Waals surface area (Å²) >= 11 is 0.